The molecule has 8 nitrogen and oxygen atoms in total. The number of rotatable bonds is 7. The molecule has 4 aromatic rings. The van der Waals surface area contributed by atoms with Gasteiger partial charge < -0.3 is 10.2 Å². The van der Waals surface area contributed by atoms with Gasteiger partial charge in [0, 0.05) is 42.3 Å². The maximum atomic E-state index is 12.7. The summed E-state index contributed by atoms with van der Waals surface area (Å²) in [7, 11) is 0. The second kappa shape index (κ2) is 10.3. The predicted octanol–water partition coefficient (Wildman–Crippen LogP) is 4.80. The van der Waals surface area contributed by atoms with Crippen LogP contribution >= 0.6 is 11.8 Å². The predicted molar refractivity (Wildman–Crippen MR) is 141 cm³/mol. The first kappa shape index (κ1) is 23.7. The summed E-state index contributed by atoms with van der Waals surface area (Å²) in [5.41, 5.74) is 5.73. The zero-order valence-electron chi connectivity index (χ0n) is 20.1. The first-order valence-corrected chi connectivity index (χ1v) is 12.7. The molecule has 2 amide bonds. The SMILES string of the molecule is Cc1ccc(-n2c(SCC(=O)Nc3ccc(N4CCCC4=O)cc3)nnc2-c2ccncc2)cc1C. The largest absolute Gasteiger partial charge is 0.325 e. The monoisotopic (exact) mass is 498 g/mol. The summed E-state index contributed by atoms with van der Waals surface area (Å²) < 4.78 is 1.97. The van der Waals surface area contributed by atoms with Crippen LogP contribution in [0.25, 0.3) is 17.1 Å². The Kier molecular flexibility index (Phi) is 6.81. The van der Waals surface area contributed by atoms with Crippen molar-refractivity contribution in [3.63, 3.8) is 0 Å². The number of carbonyl (C=O) groups excluding carboxylic acids is 2. The van der Waals surface area contributed by atoms with E-state index < -0.39 is 0 Å². The van der Waals surface area contributed by atoms with Gasteiger partial charge >= 0.3 is 0 Å². The normalized spacial score (nSPS) is 13.3. The molecular weight excluding hydrogens is 472 g/mol. The van der Waals surface area contributed by atoms with Crippen molar-refractivity contribution in [3.8, 4) is 17.1 Å². The maximum absolute atomic E-state index is 12.7. The van der Waals surface area contributed by atoms with Crippen LogP contribution in [0.3, 0.4) is 0 Å². The van der Waals surface area contributed by atoms with Gasteiger partial charge in [0.15, 0.2) is 11.0 Å². The maximum Gasteiger partial charge on any atom is 0.234 e. The summed E-state index contributed by atoms with van der Waals surface area (Å²) in [6.07, 6.45) is 4.91. The van der Waals surface area contributed by atoms with Crippen LogP contribution in [-0.2, 0) is 9.59 Å². The van der Waals surface area contributed by atoms with Crippen molar-refractivity contribution >= 4 is 35.0 Å². The summed E-state index contributed by atoms with van der Waals surface area (Å²) in [5, 5.41) is 12.4. The molecule has 1 fully saturated rings. The van der Waals surface area contributed by atoms with Crippen LogP contribution in [0.5, 0.6) is 0 Å². The number of aromatic nitrogens is 4. The number of anilines is 2. The topological polar surface area (TPSA) is 93.0 Å². The van der Waals surface area contributed by atoms with E-state index in [1.165, 1.54) is 17.3 Å². The summed E-state index contributed by atoms with van der Waals surface area (Å²) in [4.78, 5) is 30.6. The first-order valence-electron chi connectivity index (χ1n) is 11.8. The summed E-state index contributed by atoms with van der Waals surface area (Å²) in [6, 6.07) is 17.4. The zero-order valence-corrected chi connectivity index (χ0v) is 21.0. The summed E-state index contributed by atoms with van der Waals surface area (Å²) in [5.74, 6) is 0.856. The highest BCUT2D eigenvalue weighted by atomic mass is 32.2. The molecule has 2 aromatic heterocycles. The highest BCUT2D eigenvalue weighted by Crippen LogP contribution is 2.29. The highest BCUT2D eigenvalue weighted by molar-refractivity contribution is 7.99. The number of benzene rings is 2. The van der Waals surface area contributed by atoms with Gasteiger partial charge in [-0.3, -0.25) is 19.1 Å². The Hall–Kier alpha value is -3.98. The molecule has 1 aliphatic heterocycles. The quantitative estimate of drug-likeness (QED) is 0.368. The Balaban J connectivity index is 1.32. The Morgan fingerprint density at radius 2 is 1.72 bits per heavy atom. The molecular formula is C27H26N6O2S. The second-order valence-electron chi connectivity index (χ2n) is 8.68. The minimum Gasteiger partial charge on any atom is -0.325 e. The van der Waals surface area contributed by atoms with Crippen LogP contribution in [0.4, 0.5) is 11.4 Å². The van der Waals surface area contributed by atoms with E-state index in [1.54, 1.807) is 17.3 Å². The first-order chi connectivity index (χ1) is 17.5. The van der Waals surface area contributed by atoms with E-state index >= 15 is 0 Å². The second-order valence-corrected chi connectivity index (χ2v) is 9.62. The van der Waals surface area contributed by atoms with E-state index in [0.717, 1.165) is 35.5 Å². The number of hydrogen-bond donors (Lipinski definition) is 1. The molecule has 182 valence electrons. The van der Waals surface area contributed by atoms with Crippen molar-refractivity contribution < 1.29 is 9.59 Å². The van der Waals surface area contributed by atoms with Crippen LogP contribution in [0.2, 0.25) is 0 Å². The molecule has 0 saturated carbocycles. The number of pyridine rings is 1. The third-order valence-corrected chi connectivity index (χ3v) is 7.12. The lowest BCUT2D eigenvalue weighted by atomic mass is 10.1. The number of nitrogens with zero attached hydrogens (tertiary/aromatic N) is 5. The van der Waals surface area contributed by atoms with Crippen LogP contribution in [0.15, 0.2) is 72.1 Å². The van der Waals surface area contributed by atoms with Crippen molar-refractivity contribution in [3.05, 3.63) is 78.1 Å². The third-order valence-electron chi connectivity index (χ3n) is 6.19. The van der Waals surface area contributed by atoms with Gasteiger partial charge in [-0.15, -0.1) is 10.2 Å². The van der Waals surface area contributed by atoms with Gasteiger partial charge in [0.1, 0.15) is 0 Å². The number of nitrogens with one attached hydrogen (secondary N) is 1. The molecule has 0 bridgehead atoms. The third kappa shape index (κ3) is 5.01. The molecule has 3 heterocycles. The average molecular weight is 499 g/mol. The molecule has 36 heavy (non-hydrogen) atoms. The fraction of sp³-hybridized carbons (Fsp3) is 0.222. The Labute approximate surface area is 213 Å². The number of hydrogen-bond acceptors (Lipinski definition) is 6. The van der Waals surface area contributed by atoms with Gasteiger partial charge in [-0.1, -0.05) is 17.8 Å². The van der Waals surface area contributed by atoms with E-state index in [1.807, 2.05) is 47.0 Å². The molecule has 1 N–H and O–H groups in total. The lowest BCUT2D eigenvalue weighted by Gasteiger charge is -2.16. The number of carbonyl (C=O) groups is 2. The molecule has 0 aliphatic carbocycles. The van der Waals surface area contributed by atoms with E-state index in [2.05, 4.69) is 46.5 Å². The molecule has 5 rings (SSSR count). The van der Waals surface area contributed by atoms with Crippen LogP contribution in [0, 0.1) is 13.8 Å². The van der Waals surface area contributed by atoms with E-state index in [0.29, 0.717) is 23.1 Å². The van der Waals surface area contributed by atoms with E-state index in [4.69, 9.17) is 0 Å². The fourth-order valence-electron chi connectivity index (χ4n) is 4.12. The van der Waals surface area contributed by atoms with Crippen molar-refractivity contribution in [2.24, 2.45) is 0 Å². The number of amides is 2. The van der Waals surface area contributed by atoms with Gasteiger partial charge in [-0.2, -0.15) is 0 Å². The van der Waals surface area contributed by atoms with E-state index in [-0.39, 0.29) is 17.6 Å². The Bertz CT molecular complexity index is 1400. The van der Waals surface area contributed by atoms with Gasteiger partial charge in [-0.25, -0.2) is 0 Å². The smallest absolute Gasteiger partial charge is 0.234 e. The molecule has 2 aromatic carbocycles. The highest BCUT2D eigenvalue weighted by Gasteiger charge is 2.22. The van der Waals surface area contributed by atoms with Crippen LogP contribution in [-0.4, -0.2) is 43.9 Å². The standard InChI is InChI=1S/C27H26N6O2S/c1-18-5-8-23(16-19(18)2)33-26(20-11-13-28-14-12-20)30-31-27(33)36-17-24(34)29-21-6-9-22(10-7-21)32-15-3-4-25(32)35/h5-14,16H,3-4,15,17H2,1-2H3,(H,29,34). The van der Waals surface area contributed by atoms with Gasteiger partial charge in [-0.05, 0) is 79.9 Å². The Morgan fingerprint density at radius 3 is 2.42 bits per heavy atom. The molecule has 1 saturated heterocycles. The number of aryl methyl sites for hydroxylation is 2. The van der Waals surface area contributed by atoms with Crippen molar-refractivity contribution in [2.75, 3.05) is 22.5 Å². The summed E-state index contributed by atoms with van der Waals surface area (Å²) in [6.45, 7) is 4.88. The van der Waals surface area contributed by atoms with Gasteiger partial charge in [0.25, 0.3) is 0 Å². The number of thioether (sulfide) groups is 1. The average Bonchev–Trinajstić information content (AvgIpc) is 3.52. The molecule has 1 aliphatic rings. The molecule has 0 atom stereocenters. The van der Waals surface area contributed by atoms with Crippen LogP contribution < -0.4 is 10.2 Å². The molecule has 9 heteroatoms. The minimum absolute atomic E-state index is 0.141. The Morgan fingerprint density at radius 1 is 0.972 bits per heavy atom. The molecule has 0 radical (unpaired) electrons. The lowest BCUT2D eigenvalue weighted by Crippen LogP contribution is -2.23. The fourth-order valence-corrected chi connectivity index (χ4v) is 4.87. The van der Waals surface area contributed by atoms with Crippen molar-refractivity contribution in [1.82, 2.24) is 19.7 Å². The van der Waals surface area contributed by atoms with Crippen LogP contribution in [0.1, 0.15) is 24.0 Å². The van der Waals surface area contributed by atoms with E-state index in [9.17, 15) is 9.59 Å². The van der Waals surface area contributed by atoms with Crippen molar-refractivity contribution in [2.45, 2.75) is 31.8 Å². The summed E-state index contributed by atoms with van der Waals surface area (Å²) >= 11 is 1.33. The molecule has 0 spiro atoms. The van der Waals surface area contributed by atoms with Crippen molar-refractivity contribution in [1.29, 1.82) is 0 Å². The van der Waals surface area contributed by atoms with Gasteiger partial charge in [0.05, 0.1) is 11.4 Å². The molecule has 0 unspecified atom stereocenters. The zero-order chi connectivity index (χ0) is 25.1. The minimum atomic E-state index is -0.148. The van der Waals surface area contributed by atoms with Gasteiger partial charge in [0.2, 0.25) is 11.8 Å². The lowest BCUT2D eigenvalue weighted by molar-refractivity contribution is -0.117.